The third-order valence-electron chi connectivity index (χ3n) is 5.67. The summed E-state index contributed by atoms with van der Waals surface area (Å²) in [6, 6.07) is 4.15. The molecule has 2 aromatic heterocycles. The minimum atomic E-state index is -1.43. The lowest BCUT2D eigenvalue weighted by Gasteiger charge is -2.31. The predicted molar refractivity (Wildman–Crippen MR) is 132 cm³/mol. The number of nitrogens with one attached hydrogen (secondary N) is 2. The average Bonchev–Trinajstić information content (AvgIpc) is 2.72. The number of aromatic nitrogens is 5. The molecule has 0 atom stereocenters. The summed E-state index contributed by atoms with van der Waals surface area (Å²) in [4.78, 5) is 51.6. The highest BCUT2D eigenvalue weighted by molar-refractivity contribution is 6.37. The summed E-state index contributed by atoms with van der Waals surface area (Å²) >= 11 is 12.8. The molecule has 0 bridgehead atoms. The molecule has 190 valence electrons. The van der Waals surface area contributed by atoms with Crippen LogP contribution in [-0.4, -0.2) is 41.7 Å². The van der Waals surface area contributed by atoms with Crippen molar-refractivity contribution in [2.45, 2.75) is 51.5 Å². The molecule has 0 saturated heterocycles. The van der Waals surface area contributed by atoms with Crippen molar-refractivity contribution in [3.8, 4) is 17.3 Å². The number of hydrogen-bond acceptors (Lipinski definition) is 7. The van der Waals surface area contributed by atoms with Crippen LogP contribution in [0.1, 0.15) is 51.5 Å². The zero-order chi connectivity index (χ0) is 26.4. The molecule has 1 aliphatic carbocycles. The maximum absolute atomic E-state index is 12.5. The van der Waals surface area contributed by atoms with E-state index in [1.165, 1.54) is 18.2 Å². The summed E-state index contributed by atoms with van der Waals surface area (Å²) in [6.07, 6.45) is 1.42. The summed E-state index contributed by atoms with van der Waals surface area (Å²) in [5, 5.41) is 19.9. The molecule has 2 heterocycles. The number of benzene rings is 1. The van der Waals surface area contributed by atoms with Gasteiger partial charge in [-0.2, -0.15) is 4.68 Å². The van der Waals surface area contributed by atoms with Crippen molar-refractivity contribution >= 4 is 35.1 Å². The predicted octanol–water partition coefficient (Wildman–Crippen LogP) is 3.65. The van der Waals surface area contributed by atoms with E-state index in [0.717, 1.165) is 28.8 Å². The fraction of sp³-hybridized carbons (Fsp3) is 0.364. The number of carboxylic acid groups (broad SMARTS) is 1. The van der Waals surface area contributed by atoms with E-state index in [-0.39, 0.29) is 38.8 Å². The fourth-order valence-corrected chi connectivity index (χ4v) is 4.31. The molecule has 1 aromatic carbocycles. The monoisotopic (exact) mass is 536 g/mol. The Labute approximate surface area is 213 Å². The van der Waals surface area contributed by atoms with E-state index in [1.54, 1.807) is 20.8 Å². The van der Waals surface area contributed by atoms with E-state index in [9.17, 15) is 24.3 Å². The van der Waals surface area contributed by atoms with Gasteiger partial charge in [-0.25, -0.2) is 14.7 Å². The van der Waals surface area contributed by atoms with Crippen LogP contribution in [0.25, 0.3) is 5.69 Å². The lowest BCUT2D eigenvalue weighted by molar-refractivity contribution is 0.195. The number of anilines is 1. The number of H-pyrrole nitrogens is 2. The highest BCUT2D eigenvalue weighted by atomic mass is 35.5. The Hall–Kier alpha value is -3.64. The molecule has 1 amide bonds. The van der Waals surface area contributed by atoms with Crippen molar-refractivity contribution in [2.24, 2.45) is 0 Å². The first-order valence-electron chi connectivity index (χ1n) is 10.9. The van der Waals surface area contributed by atoms with Gasteiger partial charge in [0.15, 0.2) is 5.75 Å². The van der Waals surface area contributed by atoms with Gasteiger partial charge in [-0.1, -0.05) is 29.6 Å². The quantitative estimate of drug-likeness (QED) is 0.444. The summed E-state index contributed by atoms with van der Waals surface area (Å²) in [7, 11) is 0. The van der Waals surface area contributed by atoms with E-state index >= 15 is 0 Å². The zero-order valence-electron chi connectivity index (χ0n) is 19.5. The van der Waals surface area contributed by atoms with Gasteiger partial charge in [-0.15, -0.1) is 10.2 Å². The summed E-state index contributed by atoms with van der Waals surface area (Å²) in [6.45, 7) is 4.70. The van der Waals surface area contributed by atoms with Crippen LogP contribution in [0.5, 0.6) is 11.6 Å². The highest BCUT2D eigenvalue weighted by Crippen LogP contribution is 2.39. The van der Waals surface area contributed by atoms with Gasteiger partial charge in [0.2, 0.25) is 11.7 Å². The maximum atomic E-state index is 12.5. The number of hydrogen-bond donors (Lipinski definition) is 3. The highest BCUT2D eigenvalue weighted by Gasteiger charge is 2.32. The second kappa shape index (κ2) is 9.43. The van der Waals surface area contributed by atoms with E-state index in [1.807, 2.05) is 0 Å². The van der Waals surface area contributed by atoms with Crippen LogP contribution in [-0.2, 0) is 0 Å². The third-order valence-corrected chi connectivity index (χ3v) is 6.23. The van der Waals surface area contributed by atoms with E-state index in [0.29, 0.717) is 5.56 Å². The standard InChI is InChI=1S/C22H22Cl2N6O6/c1-22(2,3)29(21(34)35)17-19(32)25-20(33)30(28-17)11-7-13(23)16(14(24)8-11)36-15-9-12(10-5-4-6-10)18(31)27-26-15/h7-10H,4-6H2,1-3H3,(H,27,31)(H,34,35)(H,25,32,33). The van der Waals surface area contributed by atoms with Gasteiger partial charge in [0.05, 0.1) is 15.7 Å². The van der Waals surface area contributed by atoms with Crippen LogP contribution >= 0.6 is 23.2 Å². The zero-order valence-corrected chi connectivity index (χ0v) is 21.0. The molecule has 0 aliphatic heterocycles. The third kappa shape index (κ3) is 4.86. The van der Waals surface area contributed by atoms with Gasteiger partial charge in [-0.05, 0) is 51.7 Å². The summed E-state index contributed by atoms with van der Waals surface area (Å²) in [5.41, 5.74) is -2.63. The molecule has 4 rings (SSSR count). The molecule has 1 saturated carbocycles. The number of ether oxygens (including phenoxy) is 1. The van der Waals surface area contributed by atoms with Crippen LogP contribution in [0.4, 0.5) is 10.6 Å². The normalized spacial score (nSPS) is 13.8. The number of carbonyl (C=O) groups is 1. The van der Waals surface area contributed by atoms with Gasteiger partial charge >= 0.3 is 11.8 Å². The molecule has 0 radical (unpaired) electrons. The van der Waals surface area contributed by atoms with Gasteiger partial charge in [0.25, 0.3) is 11.1 Å². The van der Waals surface area contributed by atoms with Crippen molar-refractivity contribution in [2.75, 3.05) is 4.90 Å². The lowest BCUT2D eigenvalue weighted by atomic mass is 9.81. The first-order valence-corrected chi connectivity index (χ1v) is 11.7. The number of aromatic amines is 2. The van der Waals surface area contributed by atoms with Crippen LogP contribution in [0.3, 0.4) is 0 Å². The van der Waals surface area contributed by atoms with Gasteiger partial charge in [-0.3, -0.25) is 19.5 Å². The van der Waals surface area contributed by atoms with Crippen molar-refractivity contribution in [1.29, 1.82) is 0 Å². The van der Waals surface area contributed by atoms with Crippen molar-refractivity contribution in [1.82, 2.24) is 25.0 Å². The second-order valence-electron chi connectivity index (χ2n) is 9.24. The van der Waals surface area contributed by atoms with Crippen LogP contribution in [0.15, 0.2) is 32.6 Å². The molecular formula is C22H22Cl2N6O6. The largest absolute Gasteiger partial charge is 0.465 e. The topological polar surface area (TPSA) is 163 Å². The Balaban J connectivity index is 1.74. The van der Waals surface area contributed by atoms with E-state index < -0.39 is 28.7 Å². The minimum absolute atomic E-state index is 0.0146. The molecule has 14 heteroatoms. The SMILES string of the molecule is CC(C)(C)N(C(=O)O)c1nn(-c2cc(Cl)c(Oc3cc(C4CCC4)c(=O)[nH]n3)c(Cl)c2)c(=O)[nH]c1=O. The summed E-state index contributed by atoms with van der Waals surface area (Å²) in [5.74, 6) is -0.279. The van der Waals surface area contributed by atoms with E-state index in [4.69, 9.17) is 27.9 Å². The first-order chi connectivity index (χ1) is 16.9. The minimum Gasteiger partial charge on any atom is -0.465 e. The van der Waals surface area contributed by atoms with Gasteiger partial charge in [0, 0.05) is 17.2 Å². The molecular weight excluding hydrogens is 515 g/mol. The van der Waals surface area contributed by atoms with E-state index in [2.05, 4.69) is 20.3 Å². The Bertz CT molecular complexity index is 1500. The smallest absolute Gasteiger partial charge is 0.413 e. The average molecular weight is 537 g/mol. The van der Waals surface area contributed by atoms with Crippen molar-refractivity contribution in [3.63, 3.8) is 0 Å². The molecule has 0 spiro atoms. The molecule has 36 heavy (non-hydrogen) atoms. The maximum Gasteiger partial charge on any atom is 0.413 e. The number of rotatable bonds is 5. The Morgan fingerprint density at radius 1 is 1.14 bits per heavy atom. The lowest BCUT2D eigenvalue weighted by Crippen LogP contribution is -2.50. The van der Waals surface area contributed by atoms with Crippen LogP contribution < -0.4 is 26.4 Å². The van der Waals surface area contributed by atoms with Crippen LogP contribution in [0, 0.1) is 0 Å². The van der Waals surface area contributed by atoms with Crippen molar-refractivity contribution in [3.05, 3.63) is 65.0 Å². The second-order valence-corrected chi connectivity index (χ2v) is 10.1. The summed E-state index contributed by atoms with van der Waals surface area (Å²) < 4.78 is 6.51. The van der Waals surface area contributed by atoms with Gasteiger partial charge in [0.1, 0.15) is 0 Å². The molecule has 1 fully saturated rings. The first kappa shape index (κ1) is 25.5. The molecule has 0 unspecified atom stereocenters. The number of amides is 1. The molecule has 1 aliphatic rings. The van der Waals surface area contributed by atoms with Gasteiger partial charge < -0.3 is 9.84 Å². The Kier molecular flexibility index (Phi) is 6.67. The molecule has 3 N–H and O–H groups in total. The molecule has 3 aromatic rings. The molecule has 12 nitrogen and oxygen atoms in total. The number of halogens is 2. The van der Waals surface area contributed by atoms with Crippen molar-refractivity contribution < 1.29 is 14.6 Å². The van der Waals surface area contributed by atoms with Crippen LogP contribution in [0.2, 0.25) is 10.0 Å². The fourth-order valence-electron chi connectivity index (χ4n) is 3.75. The number of nitrogens with zero attached hydrogens (tertiary/aromatic N) is 4. The Morgan fingerprint density at radius 2 is 1.78 bits per heavy atom. The Morgan fingerprint density at radius 3 is 2.31 bits per heavy atom.